The number of rotatable bonds is 3. The fourth-order valence-electron chi connectivity index (χ4n) is 1.92. The summed E-state index contributed by atoms with van der Waals surface area (Å²) in [6.45, 7) is 5.15. The molecule has 2 N–H and O–H groups in total. The van der Waals surface area contributed by atoms with E-state index in [1.165, 1.54) is 0 Å². The van der Waals surface area contributed by atoms with Gasteiger partial charge in [0.25, 0.3) is 0 Å². The van der Waals surface area contributed by atoms with E-state index in [4.69, 9.17) is 28.9 Å². The Morgan fingerprint density at radius 2 is 2.29 bits per heavy atom. The second-order valence-corrected chi connectivity index (χ2v) is 4.88. The fraction of sp³-hybridized carbons (Fsp3) is 0.800. The van der Waals surface area contributed by atoms with E-state index in [-0.39, 0.29) is 0 Å². The lowest BCUT2D eigenvalue weighted by atomic mass is 9.91. The van der Waals surface area contributed by atoms with Gasteiger partial charge < -0.3 is 5.73 Å². The van der Waals surface area contributed by atoms with Gasteiger partial charge in [0.1, 0.15) is 4.49 Å². The zero-order chi connectivity index (χ0) is 10.6. The Hall–Kier alpha value is 0.240. The molecule has 1 aliphatic rings. The van der Waals surface area contributed by atoms with Crippen molar-refractivity contribution in [2.24, 2.45) is 11.7 Å². The zero-order valence-electron chi connectivity index (χ0n) is 8.55. The van der Waals surface area contributed by atoms with Crippen molar-refractivity contribution in [3.8, 4) is 0 Å². The third-order valence-corrected chi connectivity index (χ3v) is 3.21. The molecule has 1 saturated heterocycles. The summed E-state index contributed by atoms with van der Waals surface area (Å²) >= 11 is 11.1. The smallest absolute Gasteiger partial charge is 0.104 e. The molecular formula is C10H18Cl2N2. The van der Waals surface area contributed by atoms with E-state index < -0.39 is 0 Å². The van der Waals surface area contributed by atoms with Crippen molar-refractivity contribution in [3.63, 3.8) is 0 Å². The minimum atomic E-state index is 0.355. The first-order valence-corrected chi connectivity index (χ1v) is 5.88. The van der Waals surface area contributed by atoms with Crippen LogP contribution in [0.4, 0.5) is 0 Å². The van der Waals surface area contributed by atoms with E-state index in [0.717, 1.165) is 32.5 Å². The molecule has 0 bridgehead atoms. The molecule has 14 heavy (non-hydrogen) atoms. The second kappa shape index (κ2) is 5.96. The summed E-state index contributed by atoms with van der Waals surface area (Å²) in [4.78, 5) is 2.35. The van der Waals surface area contributed by atoms with Crippen LogP contribution < -0.4 is 5.73 Å². The van der Waals surface area contributed by atoms with E-state index in [2.05, 4.69) is 11.8 Å². The summed E-state index contributed by atoms with van der Waals surface area (Å²) < 4.78 is 0.355. The average Bonchev–Trinajstić information content (AvgIpc) is 2.16. The Bertz CT molecular complexity index is 202. The first-order valence-electron chi connectivity index (χ1n) is 5.12. The first kappa shape index (κ1) is 12.3. The van der Waals surface area contributed by atoms with Crippen molar-refractivity contribution in [3.05, 3.63) is 10.6 Å². The summed E-state index contributed by atoms with van der Waals surface area (Å²) in [5.74, 6) is 0.617. The van der Waals surface area contributed by atoms with Gasteiger partial charge in [-0.3, -0.25) is 4.90 Å². The van der Waals surface area contributed by atoms with Crippen molar-refractivity contribution in [2.45, 2.75) is 25.8 Å². The molecule has 0 saturated carbocycles. The summed E-state index contributed by atoms with van der Waals surface area (Å²) in [5, 5.41) is 0. The maximum atomic E-state index is 6.01. The monoisotopic (exact) mass is 236 g/mol. The van der Waals surface area contributed by atoms with E-state index in [0.29, 0.717) is 16.5 Å². The lowest BCUT2D eigenvalue weighted by Gasteiger charge is -2.35. The van der Waals surface area contributed by atoms with Crippen LogP contribution in [0, 0.1) is 5.92 Å². The van der Waals surface area contributed by atoms with Gasteiger partial charge in [0, 0.05) is 19.1 Å². The lowest BCUT2D eigenvalue weighted by molar-refractivity contribution is 0.166. The molecule has 1 heterocycles. The van der Waals surface area contributed by atoms with Crippen LogP contribution in [0.1, 0.15) is 19.8 Å². The Morgan fingerprint density at radius 3 is 2.86 bits per heavy atom. The number of likely N-dealkylation sites (tertiary alicyclic amines) is 1. The number of piperidine rings is 1. The van der Waals surface area contributed by atoms with E-state index in [9.17, 15) is 0 Å². The van der Waals surface area contributed by atoms with Crippen LogP contribution in [0.5, 0.6) is 0 Å². The topological polar surface area (TPSA) is 29.3 Å². The van der Waals surface area contributed by atoms with Crippen LogP contribution >= 0.6 is 23.2 Å². The largest absolute Gasteiger partial charge is 0.327 e. The molecule has 0 amide bonds. The Morgan fingerprint density at radius 1 is 1.57 bits per heavy atom. The van der Waals surface area contributed by atoms with Gasteiger partial charge in [-0.2, -0.15) is 0 Å². The average molecular weight is 237 g/mol. The quantitative estimate of drug-likeness (QED) is 0.816. The molecule has 0 aromatic carbocycles. The number of nitrogens with zero attached hydrogens (tertiary/aromatic N) is 1. The standard InChI is InChI=1S/C10H18Cl2N2/c1-2-8-7-14(5-3-9(8)13)6-4-10(11)12/h4,8-9H,2-3,5-7,13H2,1H3. The number of halogens is 2. The normalized spacial score (nSPS) is 28.9. The Kier molecular flexibility index (Phi) is 5.24. The highest BCUT2D eigenvalue weighted by Gasteiger charge is 2.24. The Balaban J connectivity index is 2.38. The molecule has 2 atom stereocenters. The maximum absolute atomic E-state index is 6.01. The molecule has 1 rings (SSSR count). The maximum Gasteiger partial charge on any atom is 0.104 e. The first-order chi connectivity index (χ1) is 6.63. The molecule has 0 aliphatic carbocycles. The van der Waals surface area contributed by atoms with Crippen LogP contribution in [0.15, 0.2) is 10.6 Å². The van der Waals surface area contributed by atoms with Crippen molar-refractivity contribution < 1.29 is 0 Å². The van der Waals surface area contributed by atoms with Crippen molar-refractivity contribution in [1.82, 2.24) is 4.90 Å². The molecule has 0 radical (unpaired) electrons. The molecular weight excluding hydrogens is 219 g/mol. The fourth-order valence-corrected chi connectivity index (χ4v) is 2.06. The second-order valence-electron chi connectivity index (χ2n) is 3.87. The molecule has 2 unspecified atom stereocenters. The van der Waals surface area contributed by atoms with Crippen LogP contribution in [-0.4, -0.2) is 30.6 Å². The molecule has 1 fully saturated rings. The Labute approximate surface area is 96.0 Å². The van der Waals surface area contributed by atoms with Crippen molar-refractivity contribution >= 4 is 23.2 Å². The number of hydrogen-bond acceptors (Lipinski definition) is 2. The number of nitrogens with two attached hydrogens (primary N) is 1. The summed E-state index contributed by atoms with van der Waals surface area (Å²) in [5.41, 5.74) is 6.01. The predicted molar refractivity (Wildman–Crippen MR) is 62.6 cm³/mol. The van der Waals surface area contributed by atoms with Gasteiger partial charge in [0.15, 0.2) is 0 Å². The van der Waals surface area contributed by atoms with Gasteiger partial charge in [-0.05, 0) is 25.0 Å². The molecule has 82 valence electrons. The summed E-state index contributed by atoms with van der Waals surface area (Å²) in [6, 6.07) is 0.367. The van der Waals surface area contributed by atoms with Gasteiger partial charge in [-0.1, -0.05) is 36.5 Å². The SMILES string of the molecule is CCC1CN(CC=C(Cl)Cl)CCC1N. The molecule has 0 spiro atoms. The van der Waals surface area contributed by atoms with Crippen LogP contribution in [0.2, 0.25) is 0 Å². The molecule has 2 nitrogen and oxygen atoms in total. The zero-order valence-corrected chi connectivity index (χ0v) is 10.1. The molecule has 4 heteroatoms. The van der Waals surface area contributed by atoms with E-state index >= 15 is 0 Å². The van der Waals surface area contributed by atoms with E-state index in [1.54, 1.807) is 0 Å². The van der Waals surface area contributed by atoms with Crippen LogP contribution in [0.25, 0.3) is 0 Å². The lowest BCUT2D eigenvalue weighted by Crippen LogP contribution is -2.46. The third-order valence-electron chi connectivity index (χ3n) is 2.91. The predicted octanol–water partition coefficient (Wildman–Crippen LogP) is 2.36. The van der Waals surface area contributed by atoms with E-state index in [1.807, 2.05) is 6.08 Å². The summed E-state index contributed by atoms with van der Waals surface area (Å²) in [7, 11) is 0. The van der Waals surface area contributed by atoms with Crippen molar-refractivity contribution in [1.29, 1.82) is 0 Å². The van der Waals surface area contributed by atoms with Gasteiger partial charge >= 0.3 is 0 Å². The minimum Gasteiger partial charge on any atom is -0.327 e. The van der Waals surface area contributed by atoms with Crippen LogP contribution in [-0.2, 0) is 0 Å². The third kappa shape index (κ3) is 3.77. The van der Waals surface area contributed by atoms with Gasteiger partial charge in [-0.15, -0.1) is 0 Å². The van der Waals surface area contributed by atoms with Crippen LogP contribution in [0.3, 0.4) is 0 Å². The highest BCUT2D eigenvalue weighted by atomic mass is 35.5. The summed E-state index contributed by atoms with van der Waals surface area (Å²) in [6.07, 6.45) is 4.06. The highest BCUT2D eigenvalue weighted by Crippen LogP contribution is 2.18. The minimum absolute atomic E-state index is 0.355. The van der Waals surface area contributed by atoms with Gasteiger partial charge in [0.2, 0.25) is 0 Å². The van der Waals surface area contributed by atoms with Gasteiger partial charge in [0.05, 0.1) is 0 Å². The van der Waals surface area contributed by atoms with Crippen molar-refractivity contribution in [2.75, 3.05) is 19.6 Å². The van der Waals surface area contributed by atoms with Gasteiger partial charge in [-0.25, -0.2) is 0 Å². The highest BCUT2D eigenvalue weighted by molar-refractivity contribution is 6.55. The molecule has 0 aromatic rings. The molecule has 0 aromatic heterocycles. The number of hydrogen-bond donors (Lipinski definition) is 1. The molecule has 1 aliphatic heterocycles.